The molecule has 0 aliphatic heterocycles. The van der Waals surface area contributed by atoms with Crippen LogP contribution in [0.25, 0.3) is 6.08 Å². The van der Waals surface area contributed by atoms with Crippen LogP contribution in [-0.2, 0) is 39.9 Å². The van der Waals surface area contributed by atoms with Gasteiger partial charge in [-0.2, -0.15) is 0 Å². The van der Waals surface area contributed by atoms with E-state index in [-0.39, 0.29) is 47.7 Å². The minimum absolute atomic E-state index is 0.155. The monoisotopic (exact) mass is 1010 g/mol. The van der Waals surface area contributed by atoms with Crippen molar-refractivity contribution >= 4 is 70.6 Å². The summed E-state index contributed by atoms with van der Waals surface area (Å²) in [5.41, 5.74) is 1.92. The predicted molar refractivity (Wildman–Crippen MR) is 269 cm³/mol. The third-order valence-electron chi connectivity index (χ3n) is 12.8. The molecule has 13 nitrogen and oxygen atoms in total. The van der Waals surface area contributed by atoms with Crippen LogP contribution in [0.4, 0.5) is 0 Å². The van der Waals surface area contributed by atoms with Gasteiger partial charge in [0.25, 0.3) is 0 Å². The van der Waals surface area contributed by atoms with Gasteiger partial charge in [0.05, 0.1) is 39.5 Å². The van der Waals surface area contributed by atoms with Gasteiger partial charge < -0.3 is 28.4 Å². The highest BCUT2D eigenvalue weighted by Gasteiger charge is 2.34. The third-order valence-corrected chi connectivity index (χ3v) is 14.0. The van der Waals surface area contributed by atoms with Crippen LogP contribution in [0, 0.1) is 30.6 Å². The fourth-order valence-electron chi connectivity index (χ4n) is 8.52. The molecule has 1 heterocycles. The Balaban J connectivity index is 0.992. The largest absolute Gasteiger partial charge is 0.465 e. The molecule has 378 valence electrons. The van der Waals surface area contributed by atoms with Crippen LogP contribution in [0.5, 0.6) is 28.7 Å². The number of thiophene rings is 1. The second kappa shape index (κ2) is 27.5. The van der Waals surface area contributed by atoms with E-state index in [0.717, 1.165) is 55.4 Å². The van der Waals surface area contributed by atoms with E-state index in [1.165, 1.54) is 30.4 Å². The van der Waals surface area contributed by atoms with Crippen molar-refractivity contribution in [3.63, 3.8) is 0 Å². The van der Waals surface area contributed by atoms with Crippen LogP contribution in [0.1, 0.15) is 143 Å². The van der Waals surface area contributed by atoms with Gasteiger partial charge in [-0.3, -0.25) is 33.6 Å². The molecular formula is C56H63ClO13S. The van der Waals surface area contributed by atoms with Crippen LogP contribution < -0.4 is 23.7 Å². The first kappa shape index (κ1) is 54.2. The standard InChI is InChI=1S/C56H63ClO13S/c1-4-6-8-10-51(59)65-33-32-37-12-23-43(24-13-37)67-53(61)38-14-16-39(17-15-38)54(62)68-45-26-29-48(42(35-45)22-27-46(58)49-30-31-50(57)71-49)70-56(64)41-20-18-40(19-21-41)55(63)69-47-28-25-44(34-36(47)3)66-52(60)11-9-7-5-2/h12-13,22-31,34-35,38-41H,4-11,14-21,32-33H2,1-3H3/b27-22+. The van der Waals surface area contributed by atoms with Gasteiger partial charge in [-0.05, 0) is 155 Å². The molecule has 15 heteroatoms. The number of esters is 6. The molecule has 2 saturated carbocycles. The van der Waals surface area contributed by atoms with Crippen molar-refractivity contribution in [3.05, 3.63) is 105 Å². The molecule has 2 aliphatic carbocycles. The molecule has 0 spiro atoms. The van der Waals surface area contributed by atoms with Crippen molar-refractivity contribution in [1.82, 2.24) is 0 Å². The number of hydrogen-bond donors (Lipinski definition) is 0. The lowest BCUT2D eigenvalue weighted by Crippen LogP contribution is -2.30. The summed E-state index contributed by atoms with van der Waals surface area (Å²) >= 11 is 7.20. The molecule has 0 unspecified atom stereocenters. The summed E-state index contributed by atoms with van der Waals surface area (Å²) in [5.74, 6) is -2.83. The third kappa shape index (κ3) is 17.0. The maximum Gasteiger partial charge on any atom is 0.314 e. The Bertz CT molecular complexity index is 2510. The Morgan fingerprint density at radius 2 is 1.06 bits per heavy atom. The van der Waals surface area contributed by atoms with Crippen molar-refractivity contribution in [2.75, 3.05) is 6.61 Å². The van der Waals surface area contributed by atoms with E-state index < -0.39 is 35.7 Å². The second-order valence-corrected chi connectivity index (χ2v) is 19.9. The molecule has 4 aromatic rings. The van der Waals surface area contributed by atoms with Gasteiger partial charge in [0.2, 0.25) is 0 Å². The topological polar surface area (TPSA) is 175 Å². The zero-order valence-electron chi connectivity index (χ0n) is 40.7. The van der Waals surface area contributed by atoms with Crippen LogP contribution in [0.2, 0.25) is 4.34 Å². The number of hydrogen-bond acceptors (Lipinski definition) is 14. The normalized spacial score (nSPS) is 17.7. The number of ketones is 1. The van der Waals surface area contributed by atoms with Gasteiger partial charge in [0.15, 0.2) is 5.78 Å². The molecular weight excluding hydrogens is 948 g/mol. The van der Waals surface area contributed by atoms with E-state index in [0.29, 0.717) is 108 Å². The first-order valence-electron chi connectivity index (χ1n) is 24.8. The molecule has 0 amide bonds. The van der Waals surface area contributed by atoms with Crippen molar-refractivity contribution in [2.45, 2.75) is 130 Å². The van der Waals surface area contributed by atoms with Gasteiger partial charge in [-0.15, -0.1) is 11.3 Å². The molecule has 3 aromatic carbocycles. The van der Waals surface area contributed by atoms with Crippen molar-refractivity contribution in [2.24, 2.45) is 23.7 Å². The first-order chi connectivity index (χ1) is 34.3. The Morgan fingerprint density at radius 3 is 1.59 bits per heavy atom. The van der Waals surface area contributed by atoms with Gasteiger partial charge in [0.1, 0.15) is 28.7 Å². The van der Waals surface area contributed by atoms with E-state index >= 15 is 0 Å². The minimum atomic E-state index is -0.502. The van der Waals surface area contributed by atoms with Crippen LogP contribution in [0.15, 0.2) is 78.9 Å². The van der Waals surface area contributed by atoms with E-state index in [1.54, 1.807) is 49.4 Å². The maximum absolute atomic E-state index is 13.6. The maximum atomic E-state index is 13.6. The number of benzene rings is 3. The molecule has 0 atom stereocenters. The average molecular weight is 1010 g/mol. The van der Waals surface area contributed by atoms with Crippen LogP contribution in [-0.4, -0.2) is 48.2 Å². The summed E-state index contributed by atoms with van der Waals surface area (Å²) in [7, 11) is 0. The van der Waals surface area contributed by atoms with Crippen molar-refractivity contribution in [3.8, 4) is 28.7 Å². The van der Waals surface area contributed by atoms with Crippen molar-refractivity contribution < 1.29 is 62.0 Å². The highest BCUT2D eigenvalue weighted by Crippen LogP contribution is 2.36. The summed E-state index contributed by atoms with van der Waals surface area (Å²) in [6, 6.07) is 19.8. The Hall–Kier alpha value is -6.12. The van der Waals surface area contributed by atoms with E-state index in [2.05, 4.69) is 13.8 Å². The molecule has 0 saturated heterocycles. The molecule has 0 radical (unpaired) electrons. The van der Waals surface area contributed by atoms with E-state index in [9.17, 15) is 33.6 Å². The number of unbranched alkanes of at least 4 members (excludes halogenated alkanes) is 4. The Labute approximate surface area is 424 Å². The molecule has 0 bridgehead atoms. The summed E-state index contributed by atoms with van der Waals surface area (Å²) in [6.45, 7) is 6.20. The molecule has 6 rings (SSSR count). The predicted octanol–water partition coefficient (Wildman–Crippen LogP) is 12.4. The summed E-state index contributed by atoms with van der Waals surface area (Å²) in [5, 5.41) is 0. The lowest BCUT2D eigenvalue weighted by Gasteiger charge is -2.26. The molecule has 71 heavy (non-hydrogen) atoms. The number of rotatable bonds is 23. The lowest BCUT2D eigenvalue weighted by atomic mass is 9.82. The molecule has 2 fully saturated rings. The van der Waals surface area contributed by atoms with E-state index in [4.69, 9.17) is 40.0 Å². The number of allylic oxidation sites excluding steroid dienone is 1. The highest BCUT2D eigenvalue weighted by molar-refractivity contribution is 7.18. The lowest BCUT2D eigenvalue weighted by molar-refractivity contribution is -0.145. The van der Waals surface area contributed by atoms with Crippen LogP contribution >= 0.6 is 22.9 Å². The number of ether oxygens (including phenoxy) is 6. The zero-order valence-corrected chi connectivity index (χ0v) is 42.3. The summed E-state index contributed by atoms with van der Waals surface area (Å²) in [6.07, 6.45) is 13.0. The quantitative estimate of drug-likeness (QED) is 0.0226. The average Bonchev–Trinajstić information content (AvgIpc) is 3.81. The molecule has 2 aliphatic rings. The van der Waals surface area contributed by atoms with E-state index in [1.807, 2.05) is 12.1 Å². The SMILES string of the molecule is CCCCCC(=O)OCCc1ccc(OC(=O)C2CCC(C(=O)Oc3ccc(OC(=O)C4CCC(C(=O)Oc5ccc(OC(=O)CCCCC)cc5C)CC4)c(/C=C/C(=O)c4ccc(Cl)s4)c3)CC2)cc1. The first-order valence-corrected chi connectivity index (χ1v) is 26.0. The zero-order chi connectivity index (χ0) is 50.7. The number of carbonyl (C=O) groups is 7. The van der Waals surface area contributed by atoms with Crippen molar-refractivity contribution in [1.29, 1.82) is 0 Å². The fraction of sp³-hybridized carbons (Fsp3) is 0.446. The summed E-state index contributed by atoms with van der Waals surface area (Å²) in [4.78, 5) is 90.9. The smallest absolute Gasteiger partial charge is 0.314 e. The number of aryl methyl sites for hydroxylation is 1. The van der Waals surface area contributed by atoms with Gasteiger partial charge in [0, 0.05) is 24.8 Å². The second-order valence-electron chi connectivity index (χ2n) is 18.2. The Morgan fingerprint density at radius 1 is 0.563 bits per heavy atom. The van der Waals surface area contributed by atoms with Crippen LogP contribution in [0.3, 0.4) is 0 Å². The van der Waals surface area contributed by atoms with Gasteiger partial charge in [-0.25, -0.2) is 0 Å². The molecule has 1 aromatic heterocycles. The number of halogens is 1. The van der Waals surface area contributed by atoms with Gasteiger partial charge >= 0.3 is 35.8 Å². The minimum Gasteiger partial charge on any atom is -0.465 e. The molecule has 0 N–H and O–H groups in total. The highest BCUT2D eigenvalue weighted by atomic mass is 35.5. The number of carbonyl (C=O) groups excluding carboxylic acids is 7. The summed E-state index contributed by atoms with van der Waals surface area (Å²) < 4.78 is 34.4. The van der Waals surface area contributed by atoms with Gasteiger partial charge in [-0.1, -0.05) is 63.3 Å². The Kier molecular flexibility index (Phi) is 21.0. The fourth-order valence-corrected chi connectivity index (χ4v) is 9.48.